The summed E-state index contributed by atoms with van der Waals surface area (Å²) in [6.45, 7) is 0. The molecule has 0 atom stereocenters. The summed E-state index contributed by atoms with van der Waals surface area (Å²) >= 11 is 0. The molecule has 0 bridgehead atoms. The molecule has 0 aliphatic carbocycles. The number of hydrogen-bond acceptors (Lipinski definition) is 0. The summed E-state index contributed by atoms with van der Waals surface area (Å²) in [6, 6.07) is 71.4. The highest BCUT2D eigenvalue weighted by atomic mass is 14.2. The fourth-order valence-corrected chi connectivity index (χ4v) is 7.90. The molecule has 0 aliphatic heterocycles. The molecule has 0 amide bonds. The Bertz CT molecular complexity index is 2850. The van der Waals surface area contributed by atoms with Gasteiger partial charge in [-0.1, -0.05) is 170 Å². The van der Waals surface area contributed by atoms with E-state index in [-0.39, 0.29) is 0 Å². The predicted octanol–water partition coefficient (Wildman–Crippen LogP) is 14.1. The van der Waals surface area contributed by atoms with Gasteiger partial charge in [0.2, 0.25) is 0 Å². The van der Waals surface area contributed by atoms with Gasteiger partial charge in [0.1, 0.15) is 0 Å². The molecule has 10 aromatic carbocycles. The molecule has 0 spiro atoms. The minimum absolute atomic E-state index is 1.22. The first-order valence-corrected chi connectivity index (χ1v) is 17.3. The van der Waals surface area contributed by atoms with Crippen LogP contribution in [0.4, 0.5) is 0 Å². The molecule has 0 radical (unpaired) electrons. The highest BCUT2D eigenvalue weighted by Crippen LogP contribution is 2.44. The van der Waals surface area contributed by atoms with E-state index in [0.717, 1.165) is 0 Å². The molecule has 10 aromatic rings. The first-order chi connectivity index (χ1) is 24.8. The fraction of sp³-hybridized carbons (Fsp3) is 0. The second kappa shape index (κ2) is 11.6. The van der Waals surface area contributed by atoms with Gasteiger partial charge in [0.05, 0.1) is 0 Å². The lowest BCUT2D eigenvalue weighted by molar-refractivity contribution is 1.61. The van der Waals surface area contributed by atoms with Crippen molar-refractivity contribution in [3.05, 3.63) is 194 Å². The van der Waals surface area contributed by atoms with Gasteiger partial charge >= 0.3 is 0 Å². The molecular weight excluding hydrogens is 601 g/mol. The van der Waals surface area contributed by atoms with Crippen LogP contribution >= 0.6 is 0 Å². The van der Waals surface area contributed by atoms with Crippen LogP contribution in [0.5, 0.6) is 0 Å². The number of rotatable bonds is 4. The number of fused-ring (bicyclic) bond motifs is 5. The smallest absolute Gasteiger partial charge is 0.00262 e. The largest absolute Gasteiger partial charge is 0.0616 e. The van der Waals surface area contributed by atoms with Gasteiger partial charge in [0, 0.05) is 0 Å². The average molecular weight is 633 g/mol. The van der Waals surface area contributed by atoms with Crippen molar-refractivity contribution >= 4 is 53.9 Å². The van der Waals surface area contributed by atoms with Crippen molar-refractivity contribution in [2.24, 2.45) is 0 Å². The number of hydrogen-bond donors (Lipinski definition) is 0. The maximum Gasteiger partial charge on any atom is -0.00262 e. The summed E-state index contributed by atoms with van der Waals surface area (Å²) in [5, 5.41) is 12.6. The van der Waals surface area contributed by atoms with E-state index in [4.69, 9.17) is 0 Å². The van der Waals surface area contributed by atoms with E-state index in [1.54, 1.807) is 0 Å². The zero-order valence-electron chi connectivity index (χ0n) is 27.5. The Labute approximate surface area is 291 Å². The average Bonchev–Trinajstić information content (AvgIpc) is 3.19. The second-order valence-electron chi connectivity index (χ2n) is 13.3. The molecule has 232 valence electrons. The molecule has 0 N–H and O–H groups in total. The van der Waals surface area contributed by atoms with Crippen LogP contribution in [-0.4, -0.2) is 0 Å². The molecule has 10 rings (SSSR count). The zero-order valence-corrected chi connectivity index (χ0v) is 27.5. The summed E-state index contributed by atoms with van der Waals surface area (Å²) in [5.41, 5.74) is 9.97. The topological polar surface area (TPSA) is 0 Å². The van der Waals surface area contributed by atoms with Gasteiger partial charge in [-0.3, -0.25) is 0 Å². The summed E-state index contributed by atoms with van der Waals surface area (Å²) in [7, 11) is 0. The maximum absolute atomic E-state index is 2.38. The Hall–Kier alpha value is -6.50. The van der Waals surface area contributed by atoms with Gasteiger partial charge in [-0.25, -0.2) is 0 Å². The second-order valence-corrected chi connectivity index (χ2v) is 13.3. The van der Waals surface area contributed by atoms with E-state index in [0.29, 0.717) is 0 Å². The lowest BCUT2D eigenvalue weighted by atomic mass is 9.85. The highest BCUT2D eigenvalue weighted by molar-refractivity contribution is 6.22. The molecule has 0 fully saturated rings. The van der Waals surface area contributed by atoms with Gasteiger partial charge in [0.25, 0.3) is 0 Å². The van der Waals surface area contributed by atoms with Gasteiger partial charge < -0.3 is 0 Å². The van der Waals surface area contributed by atoms with Crippen molar-refractivity contribution in [2.45, 2.75) is 0 Å². The summed E-state index contributed by atoms with van der Waals surface area (Å²) in [5.74, 6) is 0. The SMILES string of the molecule is c1ccc2cc(-c3ccc(-c4ccc5ccc(-c6c7ccccc7c(-c7ccc8ccccc8c7)c7ccccc67)cc5c4)cc3)ccc2c1. The van der Waals surface area contributed by atoms with Gasteiger partial charge in [0.15, 0.2) is 0 Å². The fourth-order valence-electron chi connectivity index (χ4n) is 7.90. The lowest BCUT2D eigenvalue weighted by Crippen LogP contribution is -1.91. The Morgan fingerprint density at radius 2 is 0.460 bits per heavy atom. The Morgan fingerprint density at radius 3 is 0.900 bits per heavy atom. The molecule has 0 saturated heterocycles. The third-order valence-corrected chi connectivity index (χ3v) is 10.4. The zero-order chi connectivity index (χ0) is 33.0. The maximum atomic E-state index is 2.38. The first-order valence-electron chi connectivity index (χ1n) is 17.3. The first kappa shape index (κ1) is 28.5. The molecule has 0 saturated carbocycles. The minimum atomic E-state index is 1.22. The van der Waals surface area contributed by atoms with Crippen molar-refractivity contribution in [1.29, 1.82) is 0 Å². The summed E-state index contributed by atoms with van der Waals surface area (Å²) in [4.78, 5) is 0. The quantitative estimate of drug-likeness (QED) is 0.169. The van der Waals surface area contributed by atoms with Crippen LogP contribution in [0.2, 0.25) is 0 Å². The highest BCUT2D eigenvalue weighted by Gasteiger charge is 2.17. The van der Waals surface area contributed by atoms with Crippen LogP contribution in [0, 0.1) is 0 Å². The Kier molecular flexibility index (Phi) is 6.60. The van der Waals surface area contributed by atoms with Gasteiger partial charge in [-0.2, -0.15) is 0 Å². The standard InChI is InChI=1S/C50H32/c1-3-11-38-29-40(25-21-33(38)9-1)35-17-19-36(20-18-35)41-26-22-37-24-28-43(32-44(37)31-41)50-47-15-7-5-13-45(47)49(46-14-6-8-16-48(46)50)42-27-23-34-10-2-4-12-39(34)30-42/h1-32H. The molecule has 0 nitrogen and oxygen atoms in total. The predicted molar refractivity (Wildman–Crippen MR) is 216 cm³/mol. The van der Waals surface area contributed by atoms with Crippen LogP contribution in [-0.2, 0) is 0 Å². The van der Waals surface area contributed by atoms with E-state index in [1.165, 1.54) is 98.4 Å². The third-order valence-electron chi connectivity index (χ3n) is 10.4. The third kappa shape index (κ3) is 4.77. The van der Waals surface area contributed by atoms with Crippen molar-refractivity contribution in [3.63, 3.8) is 0 Å². The molecule has 0 unspecified atom stereocenters. The van der Waals surface area contributed by atoms with E-state index < -0.39 is 0 Å². The van der Waals surface area contributed by atoms with E-state index >= 15 is 0 Å². The lowest BCUT2D eigenvalue weighted by Gasteiger charge is -2.18. The van der Waals surface area contributed by atoms with Gasteiger partial charge in [-0.15, -0.1) is 0 Å². The van der Waals surface area contributed by atoms with E-state index in [1.807, 2.05) is 0 Å². The van der Waals surface area contributed by atoms with E-state index in [9.17, 15) is 0 Å². The van der Waals surface area contributed by atoms with Crippen LogP contribution < -0.4 is 0 Å². The molecule has 0 heterocycles. The summed E-state index contributed by atoms with van der Waals surface area (Å²) < 4.78 is 0. The van der Waals surface area contributed by atoms with Gasteiger partial charge in [-0.05, 0) is 123 Å². The Morgan fingerprint density at radius 1 is 0.180 bits per heavy atom. The molecular formula is C50H32. The van der Waals surface area contributed by atoms with Crippen LogP contribution in [0.1, 0.15) is 0 Å². The van der Waals surface area contributed by atoms with Crippen molar-refractivity contribution in [3.8, 4) is 44.5 Å². The molecule has 0 aliphatic rings. The number of benzene rings is 10. The van der Waals surface area contributed by atoms with Crippen LogP contribution in [0.15, 0.2) is 194 Å². The van der Waals surface area contributed by atoms with Crippen LogP contribution in [0.3, 0.4) is 0 Å². The van der Waals surface area contributed by atoms with E-state index in [2.05, 4.69) is 194 Å². The van der Waals surface area contributed by atoms with Crippen molar-refractivity contribution in [2.75, 3.05) is 0 Å². The van der Waals surface area contributed by atoms with Crippen LogP contribution in [0.25, 0.3) is 98.4 Å². The molecule has 50 heavy (non-hydrogen) atoms. The summed E-state index contributed by atoms with van der Waals surface area (Å²) in [6.07, 6.45) is 0. The monoisotopic (exact) mass is 632 g/mol. The normalized spacial score (nSPS) is 11.6. The Balaban J connectivity index is 1.09. The van der Waals surface area contributed by atoms with Crippen molar-refractivity contribution < 1.29 is 0 Å². The molecule has 0 aromatic heterocycles. The van der Waals surface area contributed by atoms with Crippen molar-refractivity contribution in [1.82, 2.24) is 0 Å². The molecule has 0 heteroatoms. The minimum Gasteiger partial charge on any atom is -0.0616 e.